The number of benzene rings is 1. The molecule has 0 spiro atoms. The zero-order valence-corrected chi connectivity index (χ0v) is 10.5. The molecule has 1 aromatic rings. The monoisotopic (exact) mass is 298 g/mol. The first-order valence-electron chi connectivity index (χ1n) is 3.67. The summed E-state index contributed by atoms with van der Waals surface area (Å²) in [7, 11) is -3.42. The van der Waals surface area contributed by atoms with Crippen molar-refractivity contribution in [2.75, 3.05) is 6.26 Å². The van der Waals surface area contributed by atoms with Gasteiger partial charge in [0, 0.05) is 9.50 Å². The standard InChI is InChI=1S/C8H8BrClO3S/c1-14(11,12)13-5-6-2-3-7(9)4-8(6)10/h2-4H,5H2,1H3. The Labute approximate surface area is 96.3 Å². The van der Waals surface area contributed by atoms with E-state index in [0.29, 0.717) is 10.6 Å². The normalized spacial score (nSPS) is 11.6. The van der Waals surface area contributed by atoms with Crippen molar-refractivity contribution in [2.24, 2.45) is 0 Å². The van der Waals surface area contributed by atoms with Crippen LogP contribution < -0.4 is 0 Å². The van der Waals surface area contributed by atoms with Gasteiger partial charge in [-0.15, -0.1) is 0 Å². The highest BCUT2D eigenvalue weighted by atomic mass is 79.9. The molecule has 0 unspecified atom stereocenters. The molecule has 6 heteroatoms. The van der Waals surface area contributed by atoms with Crippen molar-refractivity contribution in [1.29, 1.82) is 0 Å². The Bertz CT molecular complexity index is 430. The van der Waals surface area contributed by atoms with E-state index in [2.05, 4.69) is 20.1 Å². The molecule has 78 valence electrons. The molecule has 0 N–H and O–H groups in total. The fourth-order valence-electron chi connectivity index (χ4n) is 0.809. The Morgan fingerprint density at radius 3 is 2.64 bits per heavy atom. The Balaban J connectivity index is 2.78. The molecule has 0 aliphatic rings. The maximum atomic E-state index is 10.7. The third-order valence-electron chi connectivity index (χ3n) is 1.44. The van der Waals surface area contributed by atoms with Crippen molar-refractivity contribution in [3.8, 4) is 0 Å². The van der Waals surface area contributed by atoms with Gasteiger partial charge in [0.25, 0.3) is 10.1 Å². The van der Waals surface area contributed by atoms with E-state index in [0.717, 1.165) is 10.7 Å². The van der Waals surface area contributed by atoms with Crippen molar-refractivity contribution < 1.29 is 12.6 Å². The lowest BCUT2D eigenvalue weighted by Crippen LogP contribution is -2.02. The second-order valence-electron chi connectivity index (χ2n) is 2.70. The predicted octanol–water partition coefficient (Wildman–Crippen LogP) is 2.58. The zero-order valence-electron chi connectivity index (χ0n) is 7.33. The van der Waals surface area contributed by atoms with Crippen LogP contribution in [0.1, 0.15) is 5.56 Å². The highest BCUT2D eigenvalue weighted by Crippen LogP contribution is 2.22. The minimum atomic E-state index is -3.42. The summed E-state index contributed by atoms with van der Waals surface area (Å²) in [5.74, 6) is 0. The summed E-state index contributed by atoms with van der Waals surface area (Å²) in [6.45, 7) is -0.0368. The van der Waals surface area contributed by atoms with E-state index in [1.165, 1.54) is 0 Å². The predicted molar refractivity (Wildman–Crippen MR) is 58.8 cm³/mol. The Hall–Kier alpha value is -0.100. The van der Waals surface area contributed by atoms with Gasteiger partial charge in [-0.3, -0.25) is 4.18 Å². The number of halogens is 2. The lowest BCUT2D eigenvalue weighted by molar-refractivity contribution is 0.312. The number of hydrogen-bond donors (Lipinski definition) is 0. The minimum absolute atomic E-state index is 0.0368. The molecule has 0 atom stereocenters. The molecular formula is C8H8BrClO3S. The summed E-state index contributed by atoms with van der Waals surface area (Å²) >= 11 is 9.10. The van der Waals surface area contributed by atoms with Gasteiger partial charge in [0.05, 0.1) is 12.9 Å². The van der Waals surface area contributed by atoms with Crippen LogP contribution in [0.2, 0.25) is 5.02 Å². The largest absolute Gasteiger partial charge is 0.265 e. The van der Waals surface area contributed by atoms with Crippen LogP contribution in [0.4, 0.5) is 0 Å². The molecule has 0 aliphatic carbocycles. The van der Waals surface area contributed by atoms with Crippen LogP contribution in [-0.4, -0.2) is 14.7 Å². The molecule has 1 aromatic carbocycles. The maximum absolute atomic E-state index is 10.7. The third-order valence-corrected chi connectivity index (χ3v) is 2.83. The van der Waals surface area contributed by atoms with E-state index in [1.807, 2.05) is 0 Å². The van der Waals surface area contributed by atoms with Gasteiger partial charge in [0.15, 0.2) is 0 Å². The topological polar surface area (TPSA) is 43.4 Å². The highest BCUT2D eigenvalue weighted by molar-refractivity contribution is 9.10. The van der Waals surface area contributed by atoms with E-state index in [4.69, 9.17) is 11.6 Å². The van der Waals surface area contributed by atoms with Crippen LogP contribution >= 0.6 is 27.5 Å². The third kappa shape index (κ3) is 3.96. The first-order chi connectivity index (χ1) is 6.38. The minimum Gasteiger partial charge on any atom is -0.265 e. The molecule has 0 bridgehead atoms. The van der Waals surface area contributed by atoms with Crippen LogP contribution in [0.25, 0.3) is 0 Å². The summed E-state index contributed by atoms with van der Waals surface area (Å²) in [4.78, 5) is 0. The molecule has 3 nitrogen and oxygen atoms in total. The van der Waals surface area contributed by atoms with Crippen LogP contribution in [0.3, 0.4) is 0 Å². The average molecular weight is 300 g/mol. The van der Waals surface area contributed by atoms with E-state index >= 15 is 0 Å². The number of hydrogen-bond acceptors (Lipinski definition) is 3. The van der Waals surface area contributed by atoms with Gasteiger partial charge in [0.2, 0.25) is 0 Å². The summed E-state index contributed by atoms with van der Waals surface area (Å²) in [5, 5.41) is 0.475. The van der Waals surface area contributed by atoms with Crippen LogP contribution in [0.5, 0.6) is 0 Å². The van der Waals surface area contributed by atoms with Crippen LogP contribution in [0, 0.1) is 0 Å². The quantitative estimate of drug-likeness (QED) is 0.806. The van der Waals surface area contributed by atoms with Crippen molar-refractivity contribution >= 4 is 37.6 Å². The maximum Gasteiger partial charge on any atom is 0.264 e. The summed E-state index contributed by atoms with van der Waals surface area (Å²) in [6.07, 6.45) is 1.000. The molecule has 0 amide bonds. The SMILES string of the molecule is CS(=O)(=O)OCc1ccc(Br)cc1Cl. The average Bonchev–Trinajstić information content (AvgIpc) is 2.00. The summed E-state index contributed by atoms with van der Waals surface area (Å²) in [6, 6.07) is 5.16. The molecule has 1 rings (SSSR count). The fourth-order valence-corrected chi connectivity index (χ4v) is 1.88. The second kappa shape index (κ2) is 4.61. The van der Waals surface area contributed by atoms with Crippen LogP contribution in [0.15, 0.2) is 22.7 Å². The molecule has 0 fully saturated rings. The highest BCUT2D eigenvalue weighted by Gasteiger charge is 2.05. The van der Waals surface area contributed by atoms with Crippen LogP contribution in [-0.2, 0) is 20.9 Å². The number of rotatable bonds is 3. The van der Waals surface area contributed by atoms with E-state index in [1.54, 1.807) is 18.2 Å². The molecule has 0 aromatic heterocycles. The summed E-state index contributed by atoms with van der Waals surface area (Å²) < 4.78 is 26.9. The fraction of sp³-hybridized carbons (Fsp3) is 0.250. The van der Waals surface area contributed by atoms with E-state index < -0.39 is 10.1 Å². The van der Waals surface area contributed by atoms with Gasteiger partial charge in [-0.1, -0.05) is 33.6 Å². The Morgan fingerprint density at radius 2 is 2.14 bits per heavy atom. The molecule has 0 saturated carbocycles. The lowest BCUT2D eigenvalue weighted by Gasteiger charge is -2.04. The van der Waals surface area contributed by atoms with Gasteiger partial charge < -0.3 is 0 Å². The first-order valence-corrected chi connectivity index (χ1v) is 6.65. The zero-order chi connectivity index (χ0) is 10.8. The van der Waals surface area contributed by atoms with E-state index in [-0.39, 0.29) is 6.61 Å². The Kier molecular flexibility index (Phi) is 3.94. The van der Waals surface area contributed by atoms with Crippen molar-refractivity contribution in [2.45, 2.75) is 6.61 Å². The molecule has 0 radical (unpaired) electrons. The van der Waals surface area contributed by atoms with Gasteiger partial charge in [-0.05, 0) is 17.7 Å². The first kappa shape index (κ1) is 12.0. The van der Waals surface area contributed by atoms with Crippen molar-refractivity contribution in [3.63, 3.8) is 0 Å². The molecule has 0 heterocycles. The van der Waals surface area contributed by atoms with Crippen molar-refractivity contribution in [3.05, 3.63) is 33.3 Å². The van der Waals surface area contributed by atoms with Gasteiger partial charge in [-0.2, -0.15) is 8.42 Å². The molecule has 14 heavy (non-hydrogen) atoms. The van der Waals surface area contributed by atoms with Gasteiger partial charge in [0.1, 0.15) is 0 Å². The van der Waals surface area contributed by atoms with E-state index in [9.17, 15) is 8.42 Å². The summed E-state index contributed by atoms with van der Waals surface area (Å²) in [5.41, 5.74) is 0.639. The molecule has 0 aliphatic heterocycles. The van der Waals surface area contributed by atoms with Gasteiger partial charge in [-0.25, -0.2) is 0 Å². The smallest absolute Gasteiger partial charge is 0.264 e. The van der Waals surface area contributed by atoms with Gasteiger partial charge >= 0.3 is 0 Å². The lowest BCUT2D eigenvalue weighted by atomic mass is 10.2. The second-order valence-corrected chi connectivity index (χ2v) is 5.67. The molecular weight excluding hydrogens is 292 g/mol. The molecule has 0 saturated heterocycles. The Morgan fingerprint density at radius 1 is 1.50 bits per heavy atom. The van der Waals surface area contributed by atoms with Crippen molar-refractivity contribution in [1.82, 2.24) is 0 Å².